The smallest absolute Gasteiger partial charge is 0.122 e. The van der Waals surface area contributed by atoms with Crippen molar-refractivity contribution in [2.24, 2.45) is 0 Å². The third kappa shape index (κ3) is 4.17. The summed E-state index contributed by atoms with van der Waals surface area (Å²) in [6.07, 6.45) is 2.61. The average molecular weight is 296 g/mol. The molecule has 0 bridgehead atoms. The fourth-order valence-electron chi connectivity index (χ4n) is 1.58. The Morgan fingerprint density at radius 2 is 2.29 bits per heavy atom. The molecule has 2 rings (SSSR count). The largest absolute Gasteiger partial charge is 0.489 e. The van der Waals surface area contributed by atoms with Crippen LogP contribution in [0.2, 0.25) is 0 Å². The topological polar surface area (TPSA) is 21.3 Å². The molecular formula is C14H18BrNO. The molecule has 1 saturated carbocycles. The Hall–Kier alpha value is -0.800. The van der Waals surface area contributed by atoms with Crippen LogP contribution in [0.4, 0.5) is 0 Å². The molecule has 0 atom stereocenters. The summed E-state index contributed by atoms with van der Waals surface area (Å²) >= 11 is 3.44. The first-order valence-electron chi connectivity index (χ1n) is 5.94. The van der Waals surface area contributed by atoms with Crippen LogP contribution in [0.15, 0.2) is 34.8 Å². The highest BCUT2D eigenvalue weighted by atomic mass is 79.9. The van der Waals surface area contributed by atoms with Gasteiger partial charge in [0.15, 0.2) is 0 Å². The van der Waals surface area contributed by atoms with E-state index in [-0.39, 0.29) is 0 Å². The highest BCUT2D eigenvalue weighted by molar-refractivity contribution is 9.10. The fourth-order valence-corrected chi connectivity index (χ4v) is 2.06. The number of aryl methyl sites for hydroxylation is 1. The van der Waals surface area contributed by atoms with E-state index < -0.39 is 0 Å². The minimum Gasteiger partial charge on any atom is -0.489 e. The van der Waals surface area contributed by atoms with Crippen LogP contribution < -0.4 is 10.1 Å². The number of halogens is 1. The number of benzene rings is 1. The maximum atomic E-state index is 5.75. The lowest BCUT2D eigenvalue weighted by Crippen LogP contribution is -2.21. The molecule has 2 nitrogen and oxygen atoms in total. The van der Waals surface area contributed by atoms with Crippen molar-refractivity contribution in [3.05, 3.63) is 40.4 Å². The van der Waals surface area contributed by atoms with Crippen LogP contribution in [0, 0.1) is 6.92 Å². The maximum Gasteiger partial charge on any atom is 0.122 e. The van der Waals surface area contributed by atoms with Gasteiger partial charge in [-0.15, -0.1) is 0 Å². The normalized spacial score (nSPS) is 14.7. The summed E-state index contributed by atoms with van der Waals surface area (Å²) in [5.74, 6) is 0.931. The van der Waals surface area contributed by atoms with Gasteiger partial charge in [0.1, 0.15) is 12.4 Å². The summed E-state index contributed by atoms with van der Waals surface area (Å²) in [5.41, 5.74) is 2.24. The Morgan fingerprint density at radius 3 is 2.94 bits per heavy atom. The van der Waals surface area contributed by atoms with Crippen LogP contribution in [0.1, 0.15) is 18.4 Å². The van der Waals surface area contributed by atoms with Crippen LogP contribution in [-0.4, -0.2) is 19.2 Å². The van der Waals surface area contributed by atoms with Gasteiger partial charge in [0.2, 0.25) is 0 Å². The lowest BCUT2D eigenvalue weighted by Gasteiger charge is -2.11. The fraction of sp³-hybridized carbons (Fsp3) is 0.429. The van der Waals surface area contributed by atoms with Crippen molar-refractivity contribution >= 4 is 15.9 Å². The molecular weight excluding hydrogens is 278 g/mol. The lowest BCUT2D eigenvalue weighted by atomic mass is 10.2. The molecule has 1 aromatic rings. The SMILES string of the molecule is C=C(CNC1CC1)COc1ccc(Br)cc1C. The average Bonchev–Trinajstić information content (AvgIpc) is 3.09. The van der Waals surface area contributed by atoms with Crippen molar-refractivity contribution in [2.75, 3.05) is 13.2 Å². The van der Waals surface area contributed by atoms with Crippen LogP contribution in [-0.2, 0) is 0 Å². The molecule has 1 fully saturated rings. The first-order chi connectivity index (χ1) is 8.15. The van der Waals surface area contributed by atoms with Crippen LogP contribution in [0.3, 0.4) is 0 Å². The Labute approximate surface area is 111 Å². The third-order valence-electron chi connectivity index (χ3n) is 2.79. The van der Waals surface area contributed by atoms with E-state index in [4.69, 9.17) is 4.74 Å². The minimum atomic E-state index is 0.586. The van der Waals surface area contributed by atoms with Crippen molar-refractivity contribution in [3.8, 4) is 5.75 Å². The van der Waals surface area contributed by atoms with Crippen molar-refractivity contribution < 1.29 is 4.74 Å². The second-order valence-corrected chi connectivity index (χ2v) is 5.52. The molecule has 3 heteroatoms. The molecule has 0 heterocycles. The van der Waals surface area contributed by atoms with Crippen LogP contribution in [0.5, 0.6) is 5.75 Å². The van der Waals surface area contributed by atoms with Gasteiger partial charge in [0.05, 0.1) is 0 Å². The monoisotopic (exact) mass is 295 g/mol. The predicted octanol–water partition coefficient (Wildman–Crippen LogP) is 3.44. The Kier molecular flexibility index (Phi) is 4.24. The minimum absolute atomic E-state index is 0.586. The molecule has 1 aliphatic rings. The molecule has 0 aliphatic heterocycles. The summed E-state index contributed by atoms with van der Waals surface area (Å²) in [5, 5.41) is 3.43. The molecule has 1 aromatic carbocycles. The zero-order chi connectivity index (χ0) is 12.3. The van der Waals surface area contributed by atoms with Gasteiger partial charge in [0, 0.05) is 17.1 Å². The van der Waals surface area contributed by atoms with Crippen LogP contribution in [0.25, 0.3) is 0 Å². The van der Waals surface area contributed by atoms with E-state index >= 15 is 0 Å². The van der Waals surface area contributed by atoms with Gasteiger partial charge in [0.25, 0.3) is 0 Å². The molecule has 1 N–H and O–H groups in total. The van der Waals surface area contributed by atoms with E-state index in [0.717, 1.165) is 33.9 Å². The Bertz CT molecular complexity index is 413. The number of rotatable bonds is 6. The number of hydrogen-bond acceptors (Lipinski definition) is 2. The first-order valence-corrected chi connectivity index (χ1v) is 6.73. The molecule has 0 aromatic heterocycles. The third-order valence-corrected chi connectivity index (χ3v) is 3.28. The van der Waals surface area contributed by atoms with E-state index in [9.17, 15) is 0 Å². The zero-order valence-corrected chi connectivity index (χ0v) is 11.7. The van der Waals surface area contributed by atoms with Gasteiger partial charge >= 0.3 is 0 Å². The van der Waals surface area contributed by atoms with Gasteiger partial charge < -0.3 is 10.1 Å². The van der Waals surface area contributed by atoms with Gasteiger partial charge in [-0.2, -0.15) is 0 Å². The van der Waals surface area contributed by atoms with Gasteiger partial charge in [-0.25, -0.2) is 0 Å². The van der Waals surface area contributed by atoms with Gasteiger partial charge in [-0.1, -0.05) is 22.5 Å². The molecule has 0 saturated heterocycles. The highest BCUT2D eigenvalue weighted by Crippen LogP contribution is 2.22. The number of hydrogen-bond donors (Lipinski definition) is 1. The molecule has 17 heavy (non-hydrogen) atoms. The number of nitrogens with one attached hydrogen (secondary N) is 1. The van der Waals surface area contributed by atoms with E-state index in [1.165, 1.54) is 12.8 Å². The second kappa shape index (κ2) is 5.69. The summed E-state index contributed by atoms with van der Waals surface area (Å²) in [6, 6.07) is 6.76. The van der Waals surface area contributed by atoms with E-state index in [2.05, 4.69) is 33.9 Å². The molecule has 0 unspecified atom stereocenters. The quantitative estimate of drug-likeness (QED) is 0.812. The summed E-state index contributed by atoms with van der Waals surface area (Å²) in [7, 11) is 0. The second-order valence-electron chi connectivity index (χ2n) is 4.60. The molecule has 0 radical (unpaired) electrons. The van der Waals surface area contributed by atoms with Gasteiger partial charge in [-0.3, -0.25) is 0 Å². The van der Waals surface area contributed by atoms with E-state index in [1.807, 2.05) is 19.1 Å². The van der Waals surface area contributed by atoms with Crippen molar-refractivity contribution in [2.45, 2.75) is 25.8 Å². The van der Waals surface area contributed by atoms with Crippen molar-refractivity contribution in [1.29, 1.82) is 0 Å². The van der Waals surface area contributed by atoms with E-state index in [1.54, 1.807) is 0 Å². The highest BCUT2D eigenvalue weighted by Gasteiger charge is 2.20. The zero-order valence-electron chi connectivity index (χ0n) is 10.1. The summed E-state index contributed by atoms with van der Waals surface area (Å²) < 4.78 is 6.83. The standard InChI is InChI=1S/C14H18BrNO/c1-10(8-16-13-4-5-13)9-17-14-6-3-12(15)7-11(14)2/h3,6-7,13,16H,1,4-5,8-9H2,2H3. The van der Waals surface area contributed by atoms with Crippen molar-refractivity contribution in [1.82, 2.24) is 5.32 Å². The molecule has 1 aliphatic carbocycles. The van der Waals surface area contributed by atoms with Gasteiger partial charge in [-0.05, 0) is 49.1 Å². The number of ether oxygens (including phenoxy) is 1. The maximum absolute atomic E-state index is 5.75. The van der Waals surface area contributed by atoms with Crippen LogP contribution >= 0.6 is 15.9 Å². The Morgan fingerprint density at radius 1 is 1.53 bits per heavy atom. The van der Waals surface area contributed by atoms with Crippen molar-refractivity contribution in [3.63, 3.8) is 0 Å². The lowest BCUT2D eigenvalue weighted by molar-refractivity contribution is 0.346. The first kappa shape index (κ1) is 12.7. The molecule has 0 spiro atoms. The predicted molar refractivity (Wildman–Crippen MR) is 74.5 cm³/mol. The summed E-state index contributed by atoms with van der Waals surface area (Å²) in [6.45, 7) is 7.51. The molecule has 92 valence electrons. The summed E-state index contributed by atoms with van der Waals surface area (Å²) in [4.78, 5) is 0. The Balaban J connectivity index is 1.77. The van der Waals surface area contributed by atoms with E-state index in [0.29, 0.717) is 6.61 Å². The molecule has 0 amide bonds.